The highest BCUT2D eigenvalue weighted by Crippen LogP contribution is 2.40. The maximum absolute atomic E-state index is 5.94. The summed E-state index contributed by atoms with van der Waals surface area (Å²) in [7, 11) is 1.64. The first-order valence-corrected chi connectivity index (χ1v) is 6.47. The number of anilines is 1. The van der Waals surface area contributed by atoms with Gasteiger partial charge in [0.1, 0.15) is 11.4 Å². The Hall–Kier alpha value is -1.20. The van der Waals surface area contributed by atoms with Crippen molar-refractivity contribution in [2.75, 3.05) is 19.5 Å². The number of nitrogens with two attached hydrogens (primary N) is 1. The quantitative estimate of drug-likeness (QED) is 0.866. The fourth-order valence-corrected chi connectivity index (χ4v) is 2.60. The van der Waals surface area contributed by atoms with Crippen LogP contribution in [0.3, 0.4) is 0 Å². The van der Waals surface area contributed by atoms with Gasteiger partial charge in [0.15, 0.2) is 5.82 Å². The van der Waals surface area contributed by atoms with Crippen molar-refractivity contribution in [2.45, 2.75) is 44.8 Å². The molecule has 0 atom stereocenters. The van der Waals surface area contributed by atoms with E-state index in [9.17, 15) is 0 Å². The summed E-state index contributed by atoms with van der Waals surface area (Å²) in [6.45, 7) is 3.11. The summed E-state index contributed by atoms with van der Waals surface area (Å²) in [6, 6.07) is 1.75. The van der Waals surface area contributed by atoms with Crippen LogP contribution in [0.4, 0.5) is 5.82 Å². The highest BCUT2D eigenvalue weighted by molar-refractivity contribution is 5.31. The van der Waals surface area contributed by atoms with Crippen molar-refractivity contribution in [1.82, 2.24) is 9.97 Å². The fraction of sp³-hybridized carbons (Fsp3) is 0.692. The van der Waals surface area contributed by atoms with Gasteiger partial charge in [0.2, 0.25) is 0 Å². The van der Waals surface area contributed by atoms with Gasteiger partial charge < -0.3 is 15.2 Å². The lowest BCUT2D eigenvalue weighted by Gasteiger charge is -2.27. The van der Waals surface area contributed by atoms with Crippen LogP contribution in [0.1, 0.15) is 44.1 Å². The van der Waals surface area contributed by atoms with Gasteiger partial charge in [-0.05, 0) is 32.6 Å². The summed E-state index contributed by atoms with van der Waals surface area (Å²) < 4.78 is 11.1. The second-order valence-electron chi connectivity index (χ2n) is 4.68. The molecule has 0 saturated heterocycles. The molecule has 5 heteroatoms. The molecule has 0 bridgehead atoms. The maximum Gasteiger partial charge on any atom is 0.162 e. The van der Waals surface area contributed by atoms with Crippen LogP contribution < -0.4 is 5.73 Å². The zero-order valence-electron chi connectivity index (χ0n) is 11.1. The molecule has 2 N–H and O–H groups in total. The predicted octanol–water partition coefficient (Wildman–Crippen LogP) is 2.01. The number of nitrogen functional groups attached to an aromatic ring is 1. The molecular weight excluding hydrogens is 230 g/mol. The average molecular weight is 251 g/mol. The maximum atomic E-state index is 5.94. The third-order valence-corrected chi connectivity index (χ3v) is 3.33. The molecule has 1 heterocycles. The Morgan fingerprint density at radius 1 is 1.33 bits per heavy atom. The van der Waals surface area contributed by atoms with Crippen LogP contribution in [-0.2, 0) is 21.7 Å². The third kappa shape index (κ3) is 2.62. The normalized spacial score (nSPS) is 18.1. The van der Waals surface area contributed by atoms with E-state index in [1.807, 2.05) is 6.92 Å². The second-order valence-corrected chi connectivity index (χ2v) is 4.68. The number of rotatable bonds is 5. The fourth-order valence-electron chi connectivity index (χ4n) is 2.60. The zero-order chi connectivity index (χ0) is 13.0. The summed E-state index contributed by atoms with van der Waals surface area (Å²) >= 11 is 0. The predicted molar refractivity (Wildman–Crippen MR) is 68.9 cm³/mol. The van der Waals surface area contributed by atoms with Gasteiger partial charge in [0.05, 0.1) is 12.3 Å². The summed E-state index contributed by atoms with van der Waals surface area (Å²) in [5.74, 6) is 1.20. The van der Waals surface area contributed by atoms with Crippen LogP contribution in [0.15, 0.2) is 6.07 Å². The number of hydrogen-bond donors (Lipinski definition) is 1. The van der Waals surface area contributed by atoms with Crippen molar-refractivity contribution in [2.24, 2.45) is 0 Å². The first-order valence-electron chi connectivity index (χ1n) is 6.47. The molecule has 18 heavy (non-hydrogen) atoms. The van der Waals surface area contributed by atoms with Crippen LogP contribution in [0.5, 0.6) is 0 Å². The first-order chi connectivity index (χ1) is 8.70. The van der Waals surface area contributed by atoms with E-state index in [1.54, 1.807) is 13.2 Å². The standard InChI is InChI=1S/C13H21N3O2/c1-3-18-13(6-4-5-7-13)12-15-10(9-17-2)8-11(14)16-12/h8H,3-7,9H2,1-2H3,(H2,14,15,16). The molecule has 2 rings (SSSR count). The minimum Gasteiger partial charge on any atom is -0.384 e. The van der Waals surface area contributed by atoms with Crippen molar-refractivity contribution in [3.8, 4) is 0 Å². The van der Waals surface area contributed by atoms with E-state index in [2.05, 4.69) is 9.97 Å². The number of ether oxygens (including phenoxy) is 2. The van der Waals surface area contributed by atoms with Gasteiger partial charge >= 0.3 is 0 Å². The molecule has 0 spiro atoms. The monoisotopic (exact) mass is 251 g/mol. The molecule has 100 valence electrons. The molecule has 0 amide bonds. The highest BCUT2D eigenvalue weighted by Gasteiger charge is 2.39. The molecule has 0 unspecified atom stereocenters. The van der Waals surface area contributed by atoms with E-state index in [4.69, 9.17) is 15.2 Å². The van der Waals surface area contributed by atoms with E-state index in [-0.39, 0.29) is 5.60 Å². The zero-order valence-corrected chi connectivity index (χ0v) is 11.1. The summed E-state index contributed by atoms with van der Waals surface area (Å²) in [4.78, 5) is 8.93. The Kier molecular flexibility index (Phi) is 4.14. The van der Waals surface area contributed by atoms with E-state index in [1.165, 1.54) is 0 Å². The molecule has 5 nitrogen and oxygen atoms in total. The molecule has 1 aliphatic rings. The molecule has 0 radical (unpaired) electrons. The van der Waals surface area contributed by atoms with Gasteiger partial charge in [-0.1, -0.05) is 0 Å². The lowest BCUT2D eigenvalue weighted by atomic mass is 10.0. The van der Waals surface area contributed by atoms with E-state index in [0.29, 0.717) is 24.9 Å². The number of aromatic nitrogens is 2. The summed E-state index contributed by atoms with van der Waals surface area (Å²) in [5, 5.41) is 0. The molecule has 1 aliphatic carbocycles. The van der Waals surface area contributed by atoms with Crippen molar-refractivity contribution >= 4 is 5.82 Å². The lowest BCUT2D eigenvalue weighted by molar-refractivity contribution is -0.0459. The van der Waals surface area contributed by atoms with Crippen molar-refractivity contribution in [1.29, 1.82) is 0 Å². The first kappa shape index (κ1) is 13.2. The molecule has 0 aromatic carbocycles. The number of hydrogen-bond acceptors (Lipinski definition) is 5. The molecule has 1 fully saturated rings. The minimum absolute atomic E-state index is 0.341. The average Bonchev–Trinajstić information content (AvgIpc) is 2.79. The molecular formula is C13H21N3O2. The Bertz CT molecular complexity index is 403. The lowest BCUT2D eigenvalue weighted by Crippen LogP contribution is -2.29. The van der Waals surface area contributed by atoms with Gasteiger partial charge in [-0.15, -0.1) is 0 Å². The third-order valence-electron chi connectivity index (χ3n) is 3.33. The van der Waals surface area contributed by atoms with E-state index >= 15 is 0 Å². The van der Waals surface area contributed by atoms with Crippen molar-refractivity contribution < 1.29 is 9.47 Å². The van der Waals surface area contributed by atoms with Crippen molar-refractivity contribution in [3.63, 3.8) is 0 Å². The molecule has 1 aromatic heterocycles. The Labute approximate surface area is 108 Å². The Morgan fingerprint density at radius 3 is 2.67 bits per heavy atom. The largest absolute Gasteiger partial charge is 0.384 e. The molecule has 1 aromatic rings. The van der Waals surface area contributed by atoms with Gasteiger partial charge in [-0.3, -0.25) is 0 Å². The number of nitrogens with zero attached hydrogens (tertiary/aromatic N) is 2. The summed E-state index contributed by atoms with van der Waals surface area (Å²) in [6.07, 6.45) is 4.24. The van der Waals surface area contributed by atoms with Crippen LogP contribution >= 0.6 is 0 Å². The SMILES string of the molecule is CCOC1(c2nc(N)cc(COC)n2)CCCC1. The van der Waals surface area contributed by atoms with Crippen LogP contribution in [0.25, 0.3) is 0 Å². The smallest absolute Gasteiger partial charge is 0.162 e. The van der Waals surface area contributed by atoms with Gasteiger partial charge in [0, 0.05) is 19.8 Å². The van der Waals surface area contributed by atoms with Gasteiger partial charge in [-0.2, -0.15) is 0 Å². The van der Waals surface area contributed by atoms with Gasteiger partial charge in [-0.25, -0.2) is 9.97 Å². The van der Waals surface area contributed by atoms with Crippen LogP contribution in [0.2, 0.25) is 0 Å². The summed E-state index contributed by atoms with van der Waals surface area (Å²) in [5.41, 5.74) is 6.32. The highest BCUT2D eigenvalue weighted by atomic mass is 16.5. The second kappa shape index (κ2) is 5.63. The minimum atomic E-state index is -0.341. The molecule has 0 aliphatic heterocycles. The van der Waals surface area contributed by atoms with Crippen LogP contribution in [0, 0.1) is 0 Å². The van der Waals surface area contributed by atoms with E-state index < -0.39 is 0 Å². The Balaban J connectivity index is 2.34. The van der Waals surface area contributed by atoms with E-state index in [0.717, 1.165) is 31.4 Å². The van der Waals surface area contributed by atoms with Crippen LogP contribution in [-0.4, -0.2) is 23.7 Å². The topological polar surface area (TPSA) is 70.3 Å². The van der Waals surface area contributed by atoms with Gasteiger partial charge in [0.25, 0.3) is 0 Å². The number of methoxy groups -OCH3 is 1. The Morgan fingerprint density at radius 2 is 2.06 bits per heavy atom. The van der Waals surface area contributed by atoms with Crippen molar-refractivity contribution in [3.05, 3.63) is 17.6 Å². The molecule has 1 saturated carbocycles.